The SMILES string of the molecule is CC(C)[C@@H](CO)NC(=O)c1cn[nH]c1-c1cccc(Cl)c1. The lowest BCUT2D eigenvalue weighted by atomic mass is 10.0. The third kappa shape index (κ3) is 3.62. The lowest BCUT2D eigenvalue weighted by Gasteiger charge is -2.19. The van der Waals surface area contributed by atoms with E-state index in [1.807, 2.05) is 26.0 Å². The highest BCUT2D eigenvalue weighted by atomic mass is 35.5. The molecule has 0 bridgehead atoms. The smallest absolute Gasteiger partial charge is 0.255 e. The number of nitrogens with one attached hydrogen (secondary N) is 2. The minimum absolute atomic E-state index is 0.103. The molecule has 112 valence electrons. The Balaban J connectivity index is 2.26. The van der Waals surface area contributed by atoms with Crippen molar-refractivity contribution in [1.29, 1.82) is 0 Å². The number of halogens is 1. The normalized spacial score (nSPS) is 12.4. The molecule has 1 aromatic heterocycles. The highest BCUT2D eigenvalue weighted by Gasteiger charge is 2.20. The molecular weight excluding hydrogens is 290 g/mol. The Hall–Kier alpha value is -1.85. The number of nitrogens with zero attached hydrogens (tertiary/aromatic N) is 1. The van der Waals surface area contributed by atoms with Crippen molar-refractivity contribution in [3.63, 3.8) is 0 Å². The van der Waals surface area contributed by atoms with E-state index in [4.69, 9.17) is 11.6 Å². The average molecular weight is 308 g/mol. The first-order valence-electron chi connectivity index (χ1n) is 6.74. The standard InChI is InChI=1S/C15H18ClN3O2/c1-9(2)13(8-20)18-15(21)12-7-17-19-14(12)10-4-3-5-11(16)6-10/h3-7,9,13,20H,8H2,1-2H3,(H,17,19)(H,18,21)/t13-/m1/s1. The number of carbonyl (C=O) groups excluding carboxylic acids is 1. The Kier molecular flexibility index (Phi) is 4.98. The van der Waals surface area contributed by atoms with Crippen LogP contribution in [0.15, 0.2) is 30.5 Å². The van der Waals surface area contributed by atoms with Crippen molar-refractivity contribution in [2.75, 3.05) is 6.61 Å². The molecule has 0 saturated heterocycles. The predicted molar refractivity (Wildman–Crippen MR) is 82.2 cm³/mol. The van der Waals surface area contributed by atoms with Crippen molar-refractivity contribution in [2.24, 2.45) is 5.92 Å². The number of H-pyrrole nitrogens is 1. The molecule has 21 heavy (non-hydrogen) atoms. The van der Waals surface area contributed by atoms with Crippen molar-refractivity contribution >= 4 is 17.5 Å². The molecule has 0 saturated carbocycles. The molecule has 1 amide bonds. The molecule has 1 aromatic carbocycles. The highest BCUT2D eigenvalue weighted by molar-refractivity contribution is 6.30. The van der Waals surface area contributed by atoms with Crippen molar-refractivity contribution < 1.29 is 9.90 Å². The Morgan fingerprint density at radius 3 is 2.86 bits per heavy atom. The van der Waals surface area contributed by atoms with Gasteiger partial charge in [0.05, 0.1) is 30.1 Å². The molecule has 0 spiro atoms. The molecule has 0 fully saturated rings. The van der Waals surface area contributed by atoms with E-state index in [1.54, 1.807) is 12.1 Å². The van der Waals surface area contributed by atoms with Gasteiger partial charge in [0.15, 0.2) is 0 Å². The van der Waals surface area contributed by atoms with Crippen LogP contribution in [0.2, 0.25) is 5.02 Å². The molecule has 0 aliphatic carbocycles. The van der Waals surface area contributed by atoms with Gasteiger partial charge >= 0.3 is 0 Å². The van der Waals surface area contributed by atoms with Crippen molar-refractivity contribution in [3.8, 4) is 11.3 Å². The summed E-state index contributed by atoms with van der Waals surface area (Å²) in [6.07, 6.45) is 1.47. The van der Waals surface area contributed by atoms with Gasteiger partial charge in [-0.25, -0.2) is 0 Å². The van der Waals surface area contributed by atoms with E-state index < -0.39 is 0 Å². The van der Waals surface area contributed by atoms with Crippen LogP contribution in [0, 0.1) is 5.92 Å². The quantitative estimate of drug-likeness (QED) is 0.794. The van der Waals surface area contributed by atoms with Crippen LogP contribution in [0.1, 0.15) is 24.2 Å². The zero-order valence-electron chi connectivity index (χ0n) is 11.9. The first-order valence-corrected chi connectivity index (χ1v) is 7.11. The predicted octanol–water partition coefficient (Wildman–Crippen LogP) is 2.48. The Labute approximate surface area is 128 Å². The fourth-order valence-corrected chi connectivity index (χ4v) is 2.18. The number of benzene rings is 1. The van der Waals surface area contributed by atoms with Crippen LogP contribution in [-0.2, 0) is 0 Å². The van der Waals surface area contributed by atoms with Crippen LogP contribution in [0.25, 0.3) is 11.3 Å². The molecule has 2 rings (SSSR count). The zero-order valence-corrected chi connectivity index (χ0v) is 12.7. The number of aliphatic hydroxyl groups excluding tert-OH is 1. The first kappa shape index (κ1) is 15.5. The van der Waals surface area contributed by atoms with E-state index in [9.17, 15) is 9.90 Å². The minimum Gasteiger partial charge on any atom is -0.394 e. The van der Waals surface area contributed by atoms with Crippen molar-refractivity contribution in [2.45, 2.75) is 19.9 Å². The van der Waals surface area contributed by atoms with Crippen LogP contribution in [0.3, 0.4) is 0 Å². The van der Waals surface area contributed by atoms with Gasteiger partial charge in [0.2, 0.25) is 0 Å². The highest BCUT2D eigenvalue weighted by Crippen LogP contribution is 2.24. The summed E-state index contributed by atoms with van der Waals surface area (Å²) < 4.78 is 0. The number of carbonyl (C=O) groups is 1. The maximum Gasteiger partial charge on any atom is 0.255 e. The van der Waals surface area contributed by atoms with Crippen LogP contribution in [0.4, 0.5) is 0 Å². The molecular formula is C15H18ClN3O2. The lowest BCUT2D eigenvalue weighted by Crippen LogP contribution is -2.41. The van der Waals surface area contributed by atoms with Gasteiger partial charge in [-0.15, -0.1) is 0 Å². The van der Waals surface area contributed by atoms with E-state index in [1.165, 1.54) is 6.20 Å². The van der Waals surface area contributed by atoms with E-state index in [0.717, 1.165) is 5.56 Å². The van der Waals surface area contributed by atoms with Crippen LogP contribution < -0.4 is 5.32 Å². The summed E-state index contributed by atoms with van der Waals surface area (Å²) >= 11 is 5.97. The largest absolute Gasteiger partial charge is 0.394 e. The Morgan fingerprint density at radius 1 is 1.48 bits per heavy atom. The molecule has 0 unspecified atom stereocenters. The second-order valence-corrected chi connectivity index (χ2v) is 5.61. The Bertz CT molecular complexity index is 625. The number of aromatic amines is 1. The molecule has 1 heterocycles. The zero-order chi connectivity index (χ0) is 15.4. The molecule has 0 aliphatic heterocycles. The number of amides is 1. The van der Waals surface area contributed by atoms with E-state index >= 15 is 0 Å². The summed E-state index contributed by atoms with van der Waals surface area (Å²) in [6, 6.07) is 6.90. The second-order valence-electron chi connectivity index (χ2n) is 5.18. The lowest BCUT2D eigenvalue weighted by molar-refractivity contribution is 0.0897. The average Bonchev–Trinajstić information content (AvgIpc) is 2.93. The van der Waals surface area contributed by atoms with Gasteiger partial charge in [-0.1, -0.05) is 37.6 Å². The first-order chi connectivity index (χ1) is 10.0. The summed E-state index contributed by atoms with van der Waals surface area (Å²) in [6.45, 7) is 3.77. The third-order valence-corrected chi connectivity index (χ3v) is 3.55. The third-order valence-electron chi connectivity index (χ3n) is 3.32. The number of hydrogen-bond donors (Lipinski definition) is 3. The van der Waals surface area contributed by atoms with Crippen molar-refractivity contribution in [3.05, 3.63) is 41.0 Å². The summed E-state index contributed by atoms with van der Waals surface area (Å²) in [4.78, 5) is 12.3. The van der Waals surface area contributed by atoms with Crippen molar-refractivity contribution in [1.82, 2.24) is 15.5 Å². The fourth-order valence-electron chi connectivity index (χ4n) is 1.99. The molecule has 0 radical (unpaired) electrons. The van der Waals surface area contributed by atoms with E-state index in [-0.39, 0.29) is 24.5 Å². The second kappa shape index (κ2) is 6.74. The molecule has 6 heteroatoms. The van der Waals surface area contributed by atoms with Gasteiger partial charge in [-0.3, -0.25) is 9.89 Å². The van der Waals surface area contributed by atoms with Gasteiger partial charge in [0.1, 0.15) is 0 Å². The number of aromatic nitrogens is 2. The van der Waals surface area contributed by atoms with Crippen LogP contribution in [0.5, 0.6) is 0 Å². The van der Waals surface area contributed by atoms with Crippen LogP contribution >= 0.6 is 11.6 Å². The van der Waals surface area contributed by atoms with Gasteiger partial charge in [0, 0.05) is 10.6 Å². The fraction of sp³-hybridized carbons (Fsp3) is 0.333. The molecule has 1 atom stereocenters. The van der Waals surface area contributed by atoms with E-state index in [2.05, 4.69) is 15.5 Å². The summed E-state index contributed by atoms with van der Waals surface area (Å²) in [7, 11) is 0. The molecule has 0 aliphatic rings. The van der Waals surface area contributed by atoms with Crippen LogP contribution in [-0.4, -0.2) is 33.9 Å². The maximum atomic E-state index is 12.3. The number of aliphatic hydroxyl groups is 1. The molecule has 3 N–H and O–H groups in total. The summed E-state index contributed by atoms with van der Waals surface area (Å²) in [5.74, 6) is -0.132. The molecule has 2 aromatic rings. The van der Waals surface area contributed by atoms with Gasteiger partial charge in [-0.05, 0) is 18.1 Å². The topological polar surface area (TPSA) is 78.0 Å². The molecule has 5 nitrogen and oxygen atoms in total. The van der Waals surface area contributed by atoms with Gasteiger partial charge in [0.25, 0.3) is 5.91 Å². The minimum atomic E-state index is -0.292. The van der Waals surface area contributed by atoms with Gasteiger partial charge in [-0.2, -0.15) is 5.10 Å². The number of rotatable bonds is 5. The monoisotopic (exact) mass is 307 g/mol. The summed E-state index contributed by atoms with van der Waals surface area (Å²) in [5.41, 5.74) is 1.82. The maximum absolute atomic E-state index is 12.3. The summed E-state index contributed by atoms with van der Waals surface area (Å²) in [5, 5.41) is 19.5. The number of hydrogen-bond acceptors (Lipinski definition) is 3. The Morgan fingerprint density at radius 2 is 2.24 bits per heavy atom. The van der Waals surface area contributed by atoms with Gasteiger partial charge < -0.3 is 10.4 Å². The van der Waals surface area contributed by atoms with E-state index in [0.29, 0.717) is 16.3 Å².